The molecule has 3 heterocycles. The van der Waals surface area contributed by atoms with Crippen molar-refractivity contribution in [1.82, 2.24) is 14.2 Å². The molecule has 0 aliphatic carbocycles. The van der Waals surface area contributed by atoms with Gasteiger partial charge in [-0.15, -0.1) is 0 Å². The SMILES string of the molecule is Cc1ccc(S(=O)(=O)n2cc(/C=C3\Oc4c(ccc(O)c4CN4CCNCC4)C3=O)c3ccccc32)cc1. The molecule has 1 aromatic heterocycles. The molecule has 9 heteroatoms. The summed E-state index contributed by atoms with van der Waals surface area (Å²) in [6, 6.07) is 16.9. The number of hydrogen-bond acceptors (Lipinski definition) is 7. The van der Waals surface area contributed by atoms with E-state index in [0.29, 0.717) is 39.9 Å². The predicted octanol–water partition coefficient (Wildman–Crippen LogP) is 3.91. The topological polar surface area (TPSA) is 101 Å². The summed E-state index contributed by atoms with van der Waals surface area (Å²) in [6.07, 6.45) is 3.10. The number of benzene rings is 3. The number of aromatic hydroxyl groups is 1. The van der Waals surface area contributed by atoms with Crippen LogP contribution in [0.5, 0.6) is 11.5 Å². The van der Waals surface area contributed by atoms with Gasteiger partial charge < -0.3 is 15.2 Å². The van der Waals surface area contributed by atoms with Gasteiger partial charge in [-0.05, 0) is 43.3 Å². The van der Waals surface area contributed by atoms with Crippen molar-refractivity contribution in [3.05, 3.63) is 94.9 Å². The smallest absolute Gasteiger partial charge is 0.268 e. The Morgan fingerprint density at radius 2 is 1.76 bits per heavy atom. The molecule has 2 aliphatic heterocycles. The van der Waals surface area contributed by atoms with Crippen molar-refractivity contribution in [1.29, 1.82) is 0 Å². The highest BCUT2D eigenvalue weighted by Crippen LogP contribution is 2.40. The maximum atomic E-state index is 13.5. The van der Waals surface area contributed by atoms with Crippen LogP contribution in [0.1, 0.15) is 27.0 Å². The molecule has 38 heavy (non-hydrogen) atoms. The molecule has 0 unspecified atom stereocenters. The first kappa shape index (κ1) is 24.4. The van der Waals surface area contributed by atoms with Crippen molar-refractivity contribution in [2.24, 2.45) is 0 Å². The van der Waals surface area contributed by atoms with Crippen LogP contribution in [0.4, 0.5) is 0 Å². The lowest BCUT2D eigenvalue weighted by Crippen LogP contribution is -2.42. The Labute approximate surface area is 220 Å². The van der Waals surface area contributed by atoms with Crippen LogP contribution in [0.25, 0.3) is 17.0 Å². The van der Waals surface area contributed by atoms with E-state index in [-0.39, 0.29) is 22.2 Å². The van der Waals surface area contributed by atoms with Gasteiger partial charge in [-0.25, -0.2) is 12.4 Å². The number of carbonyl (C=O) groups excluding carboxylic acids is 1. The number of fused-ring (bicyclic) bond motifs is 2. The summed E-state index contributed by atoms with van der Waals surface area (Å²) < 4.78 is 34.4. The van der Waals surface area contributed by atoms with E-state index in [1.165, 1.54) is 16.2 Å². The number of allylic oxidation sites excluding steroid dienone is 1. The van der Waals surface area contributed by atoms with Gasteiger partial charge in [0.15, 0.2) is 5.76 Å². The summed E-state index contributed by atoms with van der Waals surface area (Å²) in [5.74, 6) is 0.218. The number of para-hydroxylation sites is 1. The van der Waals surface area contributed by atoms with E-state index in [9.17, 15) is 18.3 Å². The van der Waals surface area contributed by atoms with Gasteiger partial charge in [0, 0.05) is 49.9 Å². The minimum absolute atomic E-state index is 0.0807. The standard InChI is InChI=1S/C29H27N3O5S/c1-19-6-8-21(9-7-19)38(35,36)32-17-20(22-4-2-3-5-25(22)32)16-27-28(34)23-10-11-26(33)24(29(23)37-27)18-31-14-12-30-13-15-31/h2-11,16-17,30,33H,12-15,18H2,1H3/b27-16-. The minimum atomic E-state index is -3.87. The fourth-order valence-electron chi connectivity index (χ4n) is 5.00. The maximum absolute atomic E-state index is 13.5. The van der Waals surface area contributed by atoms with Crippen molar-refractivity contribution in [3.63, 3.8) is 0 Å². The largest absolute Gasteiger partial charge is 0.507 e. The normalized spacial score (nSPS) is 17.2. The molecule has 3 aromatic carbocycles. The first-order valence-corrected chi connectivity index (χ1v) is 13.9. The highest BCUT2D eigenvalue weighted by molar-refractivity contribution is 7.90. The second kappa shape index (κ2) is 9.43. The summed E-state index contributed by atoms with van der Waals surface area (Å²) in [7, 11) is -3.87. The quantitative estimate of drug-likeness (QED) is 0.378. The van der Waals surface area contributed by atoms with Crippen LogP contribution < -0.4 is 10.1 Å². The zero-order chi connectivity index (χ0) is 26.4. The summed E-state index contributed by atoms with van der Waals surface area (Å²) >= 11 is 0. The number of piperazine rings is 1. The van der Waals surface area contributed by atoms with Gasteiger partial charge in [-0.1, -0.05) is 35.9 Å². The highest BCUT2D eigenvalue weighted by atomic mass is 32.2. The van der Waals surface area contributed by atoms with Crippen LogP contribution >= 0.6 is 0 Å². The minimum Gasteiger partial charge on any atom is -0.507 e. The van der Waals surface area contributed by atoms with E-state index in [4.69, 9.17) is 4.74 Å². The first-order chi connectivity index (χ1) is 18.3. The second-order valence-corrected chi connectivity index (χ2v) is 11.4. The average molecular weight is 530 g/mol. The Kier molecular flexibility index (Phi) is 6.06. The molecule has 0 radical (unpaired) electrons. The fourth-order valence-corrected chi connectivity index (χ4v) is 6.37. The Bertz CT molecular complexity index is 1700. The summed E-state index contributed by atoms with van der Waals surface area (Å²) in [6.45, 7) is 5.73. The molecule has 0 saturated carbocycles. The van der Waals surface area contributed by atoms with Gasteiger partial charge in [0.2, 0.25) is 5.78 Å². The van der Waals surface area contributed by atoms with Gasteiger partial charge in [0.1, 0.15) is 11.5 Å². The molecule has 1 fully saturated rings. The van der Waals surface area contributed by atoms with Crippen LogP contribution in [0.2, 0.25) is 0 Å². The van der Waals surface area contributed by atoms with Gasteiger partial charge in [-0.2, -0.15) is 0 Å². The number of nitrogens with zero attached hydrogens (tertiary/aromatic N) is 2. The van der Waals surface area contributed by atoms with E-state index in [0.717, 1.165) is 31.7 Å². The lowest BCUT2D eigenvalue weighted by Gasteiger charge is -2.27. The van der Waals surface area contributed by atoms with Gasteiger partial charge >= 0.3 is 0 Å². The third kappa shape index (κ3) is 4.18. The monoisotopic (exact) mass is 529 g/mol. The van der Waals surface area contributed by atoms with Gasteiger partial charge in [0.25, 0.3) is 10.0 Å². The molecule has 0 atom stereocenters. The van der Waals surface area contributed by atoms with Gasteiger partial charge in [-0.3, -0.25) is 9.69 Å². The summed E-state index contributed by atoms with van der Waals surface area (Å²) in [5, 5.41) is 14.6. The van der Waals surface area contributed by atoms with Crippen LogP contribution in [-0.4, -0.2) is 54.4 Å². The number of hydrogen-bond donors (Lipinski definition) is 2. The van der Waals surface area contributed by atoms with Crippen LogP contribution in [0.15, 0.2) is 77.5 Å². The lowest BCUT2D eigenvalue weighted by atomic mass is 10.0. The second-order valence-electron chi connectivity index (χ2n) is 9.62. The molecule has 1 saturated heterocycles. The number of carbonyl (C=O) groups is 1. The van der Waals surface area contributed by atoms with Crippen LogP contribution in [-0.2, 0) is 16.6 Å². The number of nitrogens with one attached hydrogen (secondary N) is 1. The molecule has 8 nitrogen and oxygen atoms in total. The first-order valence-electron chi connectivity index (χ1n) is 12.5. The van der Waals surface area contributed by atoms with Crippen molar-refractivity contribution in [2.45, 2.75) is 18.4 Å². The van der Waals surface area contributed by atoms with Gasteiger partial charge in [0.05, 0.1) is 21.5 Å². The fraction of sp³-hybridized carbons (Fsp3) is 0.207. The molecule has 2 aliphatic rings. The third-order valence-corrected chi connectivity index (χ3v) is 8.77. The van der Waals surface area contributed by atoms with E-state index >= 15 is 0 Å². The number of Topliss-reactive ketones (excluding diaryl/α,β-unsaturated/α-hetero) is 1. The number of phenols is 1. The number of phenolic OH excluding ortho intramolecular Hbond substituents is 1. The third-order valence-electron chi connectivity index (χ3n) is 7.08. The molecule has 2 N–H and O–H groups in total. The zero-order valence-corrected chi connectivity index (χ0v) is 21.7. The number of ketones is 1. The zero-order valence-electron chi connectivity index (χ0n) is 20.8. The molecular formula is C29H27N3O5S. The molecule has 194 valence electrons. The Morgan fingerprint density at radius 1 is 1.03 bits per heavy atom. The average Bonchev–Trinajstić information content (AvgIpc) is 3.45. The van der Waals surface area contributed by atoms with E-state index < -0.39 is 10.0 Å². The van der Waals surface area contributed by atoms with Crippen molar-refractivity contribution < 1.29 is 23.1 Å². The van der Waals surface area contributed by atoms with E-state index in [1.807, 2.05) is 19.1 Å². The molecule has 6 rings (SSSR count). The van der Waals surface area contributed by atoms with E-state index in [1.54, 1.807) is 48.5 Å². The highest BCUT2D eigenvalue weighted by Gasteiger charge is 2.32. The van der Waals surface area contributed by atoms with E-state index in [2.05, 4.69) is 10.2 Å². The molecule has 0 bridgehead atoms. The number of aryl methyl sites for hydroxylation is 1. The predicted molar refractivity (Wildman–Crippen MR) is 145 cm³/mol. The Hall–Kier alpha value is -3.92. The lowest BCUT2D eigenvalue weighted by molar-refractivity contribution is 0.101. The number of ether oxygens (including phenoxy) is 1. The van der Waals surface area contributed by atoms with Crippen LogP contribution in [0, 0.1) is 6.92 Å². The van der Waals surface area contributed by atoms with Crippen molar-refractivity contribution >= 4 is 32.8 Å². The summed E-state index contributed by atoms with van der Waals surface area (Å²) in [5.41, 5.74) is 2.96. The molecule has 4 aromatic rings. The number of aromatic nitrogens is 1. The maximum Gasteiger partial charge on any atom is 0.268 e. The van der Waals surface area contributed by atoms with Crippen LogP contribution in [0.3, 0.4) is 0 Å². The van der Waals surface area contributed by atoms with Crippen molar-refractivity contribution in [3.8, 4) is 11.5 Å². The summed E-state index contributed by atoms with van der Waals surface area (Å²) in [4.78, 5) is 15.7. The molecule has 0 spiro atoms. The van der Waals surface area contributed by atoms with Crippen molar-refractivity contribution in [2.75, 3.05) is 26.2 Å². The number of rotatable bonds is 5. The molecular weight excluding hydrogens is 502 g/mol. The Morgan fingerprint density at radius 3 is 2.53 bits per heavy atom. The Balaban J connectivity index is 1.40. The molecule has 0 amide bonds.